The number of anilines is 2. The quantitative estimate of drug-likeness (QED) is 0.145. The van der Waals surface area contributed by atoms with E-state index in [2.05, 4.69) is 10.6 Å². The molecule has 2 amide bonds. The first-order chi connectivity index (χ1) is 19.6. The third-order valence-corrected chi connectivity index (χ3v) is 7.90. The smallest absolute Gasteiger partial charge is 0.454 e. The summed E-state index contributed by atoms with van der Waals surface area (Å²) in [7, 11) is -2.71. The fraction of sp³-hybridized carbons (Fsp3) is 0.0667. The Bertz CT molecular complexity index is 1490. The summed E-state index contributed by atoms with van der Waals surface area (Å²) in [6.45, 7) is 3.75. The molecule has 2 N–H and O–H groups in total. The molecular formula is C30H24Cl2N2O6Si. The molecule has 0 spiro atoms. The van der Waals surface area contributed by atoms with Crippen LogP contribution in [0.4, 0.5) is 11.4 Å². The Labute approximate surface area is 247 Å². The monoisotopic (exact) mass is 606 g/mol. The van der Waals surface area contributed by atoms with Crippen molar-refractivity contribution >= 4 is 67.5 Å². The van der Waals surface area contributed by atoms with Gasteiger partial charge in [0.1, 0.15) is 11.5 Å². The van der Waals surface area contributed by atoms with E-state index in [4.69, 9.17) is 32.1 Å². The van der Waals surface area contributed by atoms with Crippen molar-refractivity contribution in [1.29, 1.82) is 0 Å². The summed E-state index contributed by atoms with van der Waals surface area (Å²) in [6.07, 6.45) is 1.10. The minimum Gasteiger partial charge on any atom is -0.512 e. The fourth-order valence-corrected chi connectivity index (χ4v) is 5.79. The van der Waals surface area contributed by atoms with E-state index in [1.54, 1.807) is 72.8 Å². The molecule has 0 unspecified atom stereocenters. The van der Waals surface area contributed by atoms with Crippen molar-refractivity contribution in [3.05, 3.63) is 117 Å². The zero-order valence-electron chi connectivity index (χ0n) is 21.9. The summed E-state index contributed by atoms with van der Waals surface area (Å²) in [5.74, 6) is 0.176. The van der Waals surface area contributed by atoms with Crippen LogP contribution in [0, 0.1) is 0 Å². The van der Waals surface area contributed by atoms with Crippen LogP contribution in [0.2, 0.25) is 23.1 Å². The lowest BCUT2D eigenvalue weighted by Crippen LogP contribution is -2.41. The van der Waals surface area contributed by atoms with Gasteiger partial charge in [0.05, 0.1) is 21.2 Å². The molecule has 8 nitrogen and oxygen atoms in total. The highest BCUT2D eigenvalue weighted by molar-refractivity contribution is 6.66. The zero-order valence-corrected chi connectivity index (χ0v) is 24.5. The Balaban J connectivity index is 1.35. The molecule has 0 aliphatic carbocycles. The summed E-state index contributed by atoms with van der Waals surface area (Å²) >= 11 is 12.0. The lowest BCUT2D eigenvalue weighted by molar-refractivity contribution is 0.101. The van der Waals surface area contributed by atoms with Crippen LogP contribution in [0.1, 0.15) is 41.4 Å². The van der Waals surface area contributed by atoms with Crippen molar-refractivity contribution in [2.24, 2.45) is 0 Å². The number of hydrogen-bond donors (Lipinski definition) is 2. The number of carbonyl (C=O) groups excluding carboxylic acids is 4. The van der Waals surface area contributed by atoms with Crippen LogP contribution < -0.4 is 19.5 Å². The van der Waals surface area contributed by atoms with E-state index in [9.17, 15) is 19.2 Å². The van der Waals surface area contributed by atoms with Crippen LogP contribution in [0.25, 0.3) is 0 Å². The third-order valence-electron chi connectivity index (χ3n) is 5.78. The summed E-state index contributed by atoms with van der Waals surface area (Å²) in [6, 6.07) is 22.9. The van der Waals surface area contributed by atoms with Gasteiger partial charge in [0, 0.05) is 35.6 Å². The SMILES string of the molecule is C[Si](C)(Oc1ccc(NC(=O)c2cccc(Cl)c2C=O)cc1)Oc1ccc(NC(=O)c2cccc(Cl)c2C=O)cc1. The van der Waals surface area contributed by atoms with Crippen molar-refractivity contribution in [2.45, 2.75) is 13.1 Å². The van der Waals surface area contributed by atoms with Gasteiger partial charge in [-0.05, 0) is 72.8 Å². The second-order valence-electron chi connectivity index (χ2n) is 9.20. The van der Waals surface area contributed by atoms with Crippen LogP contribution in [0.5, 0.6) is 11.5 Å². The zero-order chi connectivity index (χ0) is 29.6. The number of amides is 2. The van der Waals surface area contributed by atoms with E-state index in [-0.39, 0.29) is 32.3 Å². The maximum atomic E-state index is 12.6. The molecule has 208 valence electrons. The second kappa shape index (κ2) is 12.8. The third kappa shape index (κ3) is 7.40. The molecule has 0 fully saturated rings. The average Bonchev–Trinajstić information content (AvgIpc) is 2.94. The lowest BCUT2D eigenvalue weighted by Gasteiger charge is -2.25. The predicted octanol–water partition coefficient (Wildman–Crippen LogP) is 7.28. The van der Waals surface area contributed by atoms with E-state index in [0.29, 0.717) is 35.4 Å². The highest BCUT2D eigenvalue weighted by Gasteiger charge is 2.29. The van der Waals surface area contributed by atoms with E-state index >= 15 is 0 Å². The number of rotatable bonds is 10. The highest BCUT2D eigenvalue weighted by atomic mass is 35.5. The molecule has 0 saturated carbocycles. The van der Waals surface area contributed by atoms with Gasteiger partial charge in [-0.3, -0.25) is 19.2 Å². The molecule has 0 aromatic heterocycles. The van der Waals surface area contributed by atoms with Gasteiger partial charge < -0.3 is 19.5 Å². The van der Waals surface area contributed by atoms with Gasteiger partial charge in [0.25, 0.3) is 11.8 Å². The maximum absolute atomic E-state index is 12.6. The van der Waals surface area contributed by atoms with Crippen molar-refractivity contribution in [2.75, 3.05) is 10.6 Å². The molecule has 0 aliphatic heterocycles. The second-order valence-corrected chi connectivity index (χ2v) is 13.2. The molecule has 0 heterocycles. The summed E-state index contributed by atoms with van der Waals surface area (Å²) in [5.41, 5.74) is 1.62. The van der Waals surface area contributed by atoms with Crippen LogP contribution in [0.3, 0.4) is 0 Å². The average molecular weight is 608 g/mol. The minimum absolute atomic E-state index is 0.125. The number of nitrogens with one attached hydrogen (secondary N) is 2. The molecule has 0 bridgehead atoms. The number of benzene rings is 4. The van der Waals surface area contributed by atoms with E-state index < -0.39 is 20.4 Å². The standard InChI is InChI=1S/C30H24Cl2N2O6Si/c1-41(2,39-21-13-9-19(10-14-21)33-29(37)23-5-3-7-27(31)25(23)17-35)40-22-15-11-20(12-16-22)34-30(38)24-6-4-8-28(32)26(24)18-36/h3-18H,1-2H3,(H,33,37)(H,34,38). The fourth-order valence-electron chi connectivity index (χ4n) is 3.91. The van der Waals surface area contributed by atoms with Gasteiger partial charge in [-0.2, -0.15) is 0 Å². The Morgan fingerprint density at radius 2 is 1.00 bits per heavy atom. The van der Waals surface area contributed by atoms with Crippen LogP contribution in [-0.2, 0) is 0 Å². The van der Waals surface area contributed by atoms with Crippen molar-refractivity contribution in [3.8, 4) is 11.5 Å². The van der Waals surface area contributed by atoms with Gasteiger partial charge >= 0.3 is 8.56 Å². The van der Waals surface area contributed by atoms with Crippen LogP contribution in [0.15, 0.2) is 84.9 Å². The molecule has 11 heteroatoms. The topological polar surface area (TPSA) is 111 Å². The Morgan fingerprint density at radius 1 is 0.634 bits per heavy atom. The van der Waals surface area contributed by atoms with Crippen LogP contribution >= 0.6 is 23.2 Å². The lowest BCUT2D eigenvalue weighted by atomic mass is 10.1. The largest absolute Gasteiger partial charge is 0.512 e. The molecule has 4 aromatic rings. The Kier molecular flexibility index (Phi) is 9.23. The molecule has 41 heavy (non-hydrogen) atoms. The van der Waals surface area contributed by atoms with Crippen molar-refractivity contribution < 1.29 is 28.0 Å². The molecule has 0 saturated heterocycles. The van der Waals surface area contributed by atoms with Gasteiger partial charge in [0.15, 0.2) is 12.6 Å². The summed E-state index contributed by atoms with van der Waals surface area (Å²) in [4.78, 5) is 48.0. The number of halogens is 2. The Morgan fingerprint density at radius 3 is 1.34 bits per heavy atom. The number of aldehydes is 2. The van der Waals surface area contributed by atoms with Gasteiger partial charge in [0.2, 0.25) is 0 Å². The number of hydrogen-bond acceptors (Lipinski definition) is 6. The van der Waals surface area contributed by atoms with Crippen molar-refractivity contribution in [3.63, 3.8) is 0 Å². The number of carbonyl (C=O) groups is 4. The molecule has 0 aliphatic rings. The first-order valence-electron chi connectivity index (χ1n) is 12.3. The van der Waals surface area contributed by atoms with Crippen LogP contribution in [-0.4, -0.2) is 32.9 Å². The predicted molar refractivity (Wildman–Crippen MR) is 161 cm³/mol. The summed E-state index contributed by atoms with van der Waals surface area (Å²) in [5, 5.41) is 5.89. The van der Waals surface area contributed by atoms with Gasteiger partial charge in [-0.1, -0.05) is 35.3 Å². The minimum atomic E-state index is -2.71. The Hall–Kier alpha value is -4.44. The van der Waals surface area contributed by atoms with E-state index in [1.807, 2.05) is 13.1 Å². The van der Waals surface area contributed by atoms with E-state index in [1.165, 1.54) is 12.1 Å². The highest BCUT2D eigenvalue weighted by Crippen LogP contribution is 2.25. The first kappa shape index (κ1) is 29.5. The van der Waals surface area contributed by atoms with Gasteiger partial charge in [-0.25, -0.2) is 0 Å². The van der Waals surface area contributed by atoms with Crippen molar-refractivity contribution in [1.82, 2.24) is 0 Å². The molecule has 0 radical (unpaired) electrons. The molecular weight excluding hydrogens is 583 g/mol. The molecule has 0 atom stereocenters. The summed E-state index contributed by atoms with van der Waals surface area (Å²) < 4.78 is 12.2. The molecule has 4 aromatic carbocycles. The first-order valence-corrected chi connectivity index (χ1v) is 15.9. The maximum Gasteiger partial charge on any atom is 0.454 e. The van der Waals surface area contributed by atoms with E-state index in [0.717, 1.165) is 0 Å². The van der Waals surface area contributed by atoms with Gasteiger partial charge in [-0.15, -0.1) is 0 Å². The molecule has 4 rings (SSSR count). The normalized spacial score (nSPS) is 10.8.